The van der Waals surface area contributed by atoms with E-state index in [4.69, 9.17) is 0 Å². The van der Waals surface area contributed by atoms with Crippen molar-refractivity contribution in [3.05, 3.63) is 35.9 Å². The normalized spacial score (nSPS) is 11.6. The highest BCUT2D eigenvalue weighted by Gasteiger charge is 2.16. The summed E-state index contributed by atoms with van der Waals surface area (Å²) in [6, 6.07) is 9.09. The second-order valence-corrected chi connectivity index (χ2v) is 3.42. The van der Waals surface area contributed by atoms with Crippen LogP contribution in [0.5, 0.6) is 0 Å². The molecule has 2 amide bonds. The zero-order chi connectivity index (χ0) is 11.8. The summed E-state index contributed by atoms with van der Waals surface area (Å²) in [6.07, 6.45) is 1.06. The Morgan fingerprint density at radius 1 is 1.38 bits per heavy atom. The molecule has 0 aliphatic heterocycles. The van der Waals surface area contributed by atoms with Gasteiger partial charge in [0.25, 0.3) is 0 Å². The van der Waals surface area contributed by atoms with Crippen molar-refractivity contribution in [2.45, 2.75) is 19.4 Å². The molecule has 0 unspecified atom stereocenters. The fourth-order valence-corrected chi connectivity index (χ4v) is 1.46. The standard InChI is InChI=1S/C12H16N2O2/c1-2-13-12(16)11(14-9-15)8-10-6-4-3-5-7-10/h3-7,9,11H,2,8H2,1H3,(H,13,16)(H,14,15)/t11-/m0/s1. The number of nitrogens with one attached hydrogen (secondary N) is 2. The van der Waals surface area contributed by atoms with Crippen LogP contribution in [0.4, 0.5) is 0 Å². The molecule has 0 spiro atoms. The molecule has 16 heavy (non-hydrogen) atoms. The van der Waals surface area contributed by atoms with Crippen molar-refractivity contribution in [2.75, 3.05) is 6.54 Å². The lowest BCUT2D eigenvalue weighted by atomic mass is 10.1. The molecule has 0 fully saturated rings. The van der Waals surface area contributed by atoms with Crippen molar-refractivity contribution in [1.82, 2.24) is 10.6 Å². The van der Waals surface area contributed by atoms with Gasteiger partial charge >= 0.3 is 0 Å². The van der Waals surface area contributed by atoms with Gasteiger partial charge in [-0.3, -0.25) is 9.59 Å². The summed E-state index contributed by atoms with van der Waals surface area (Å²) in [5.41, 5.74) is 1.02. The maximum Gasteiger partial charge on any atom is 0.242 e. The number of rotatable bonds is 6. The molecule has 2 N–H and O–H groups in total. The van der Waals surface area contributed by atoms with E-state index in [1.165, 1.54) is 0 Å². The zero-order valence-electron chi connectivity index (χ0n) is 9.27. The molecule has 1 aromatic rings. The lowest BCUT2D eigenvalue weighted by molar-refractivity contribution is -0.125. The highest BCUT2D eigenvalue weighted by Crippen LogP contribution is 2.02. The number of carbonyl (C=O) groups is 2. The van der Waals surface area contributed by atoms with Crippen molar-refractivity contribution >= 4 is 12.3 Å². The Bertz CT molecular complexity index is 338. The number of amides is 2. The molecule has 0 saturated carbocycles. The van der Waals surface area contributed by atoms with E-state index in [0.29, 0.717) is 19.4 Å². The average molecular weight is 220 g/mol. The molecule has 0 bridgehead atoms. The monoisotopic (exact) mass is 220 g/mol. The summed E-state index contributed by atoms with van der Waals surface area (Å²) < 4.78 is 0. The smallest absolute Gasteiger partial charge is 0.242 e. The van der Waals surface area contributed by atoms with Crippen LogP contribution in [0.25, 0.3) is 0 Å². The summed E-state index contributed by atoms with van der Waals surface area (Å²) in [6.45, 7) is 2.41. The van der Waals surface area contributed by atoms with Crippen LogP contribution in [-0.4, -0.2) is 24.9 Å². The van der Waals surface area contributed by atoms with Crippen molar-refractivity contribution < 1.29 is 9.59 Å². The minimum atomic E-state index is -0.500. The number of carbonyl (C=O) groups excluding carboxylic acids is 2. The maximum atomic E-state index is 11.6. The number of hydrogen-bond donors (Lipinski definition) is 2. The Balaban J connectivity index is 2.64. The van der Waals surface area contributed by atoms with E-state index >= 15 is 0 Å². The van der Waals surface area contributed by atoms with Gasteiger partial charge in [0.05, 0.1) is 0 Å². The van der Waals surface area contributed by atoms with Crippen LogP contribution in [0, 0.1) is 0 Å². The van der Waals surface area contributed by atoms with Gasteiger partial charge in [0.15, 0.2) is 0 Å². The summed E-state index contributed by atoms with van der Waals surface area (Å²) in [7, 11) is 0. The molecule has 1 rings (SSSR count). The molecule has 0 heterocycles. The third-order valence-electron chi connectivity index (χ3n) is 2.22. The van der Waals surface area contributed by atoms with Gasteiger partial charge in [0.2, 0.25) is 12.3 Å². The Hall–Kier alpha value is -1.84. The summed E-state index contributed by atoms with van der Waals surface area (Å²) in [4.78, 5) is 22.0. The molecular formula is C12H16N2O2. The van der Waals surface area contributed by atoms with Crippen LogP contribution >= 0.6 is 0 Å². The van der Waals surface area contributed by atoms with Crippen LogP contribution < -0.4 is 10.6 Å². The molecule has 1 aromatic carbocycles. The lowest BCUT2D eigenvalue weighted by Crippen LogP contribution is -2.45. The molecule has 4 heteroatoms. The van der Waals surface area contributed by atoms with Gasteiger partial charge in [0.1, 0.15) is 6.04 Å². The Labute approximate surface area is 95.0 Å². The van der Waals surface area contributed by atoms with Gasteiger partial charge in [-0.2, -0.15) is 0 Å². The molecule has 4 nitrogen and oxygen atoms in total. The van der Waals surface area contributed by atoms with E-state index in [1.54, 1.807) is 0 Å². The Kier molecular flexibility index (Phi) is 5.05. The fourth-order valence-electron chi connectivity index (χ4n) is 1.46. The van der Waals surface area contributed by atoms with Crippen LogP contribution in [0.2, 0.25) is 0 Å². The molecule has 0 aliphatic carbocycles. The maximum absolute atomic E-state index is 11.6. The van der Waals surface area contributed by atoms with E-state index < -0.39 is 6.04 Å². The van der Waals surface area contributed by atoms with Gasteiger partial charge in [-0.25, -0.2) is 0 Å². The quantitative estimate of drug-likeness (QED) is 0.685. The highest BCUT2D eigenvalue weighted by molar-refractivity contribution is 5.83. The van der Waals surface area contributed by atoms with Crippen molar-refractivity contribution in [1.29, 1.82) is 0 Å². The first-order chi connectivity index (χ1) is 7.77. The van der Waals surface area contributed by atoms with Crippen molar-refractivity contribution in [3.63, 3.8) is 0 Å². The van der Waals surface area contributed by atoms with E-state index in [1.807, 2.05) is 37.3 Å². The predicted octanol–water partition coefficient (Wildman–Crippen LogP) is 0.480. The first-order valence-electron chi connectivity index (χ1n) is 5.29. The highest BCUT2D eigenvalue weighted by atomic mass is 16.2. The molecule has 86 valence electrons. The SMILES string of the molecule is CCNC(=O)[C@H](Cc1ccccc1)NC=O. The van der Waals surface area contributed by atoms with Crippen molar-refractivity contribution in [2.24, 2.45) is 0 Å². The number of likely N-dealkylation sites (N-methyl/N-ethyl adjacent to an activating group) is 1. The van der Waals surface area contributed by atoms with Crippen LogP contribution in [-0.2, 0) is 16.0 Å². The van der Waals surface area contributed by atoms with Gasteiger partial charge in [-0.05, 0) is 12.5 Å². The van der Waals surface area contributed by atoms with E-state index in [9.17, 15) is 9.59 Å². The number of benzene rings is 1. The summed E-state index contributed by atoms with van der Waals surface area (Å²) >= 11 is 0. The second-order valence-electron chi connectivity index (χ2n) is 3.42. The fraction of sp³-hybridized carbons (Fsp3) is 0.333. The number of hydrogen-bond acceptors (Lipinski definition) is 2. The van der Waals surface area contributed by atoms with Gasteiger partial charge in [-0.1, -0.05) is 30.3 Å². The van der Waals surface area contributed by atoms with Gasteiger partial charge in [0, 0.05) is 13.0 Å². The third kappa shape index (κ3) is 3.73. The van der Waals surface area contributed by atoms with E-state index in [2.05, 4.69) is 10.6 Å². The van der Waals surface area contributed by atoms with E-state index in [-0.39, 0.29) is 5.91 Å². The Morgan fingerprint density at radius 2 is 2.06 bits per heavy atom. The molecule has 0 radical (unpaired) electrons. The van der Waals surface area contributed by atoms with Crippen LogP contribution in [0.3, 0.4) is 0 Å². The summed E-state index contributed by atoms with van der Waals surface area (Å²) in [5.74, 6) is -0.154. The molecule has 0 aromatic heterocycles. The first kappa shape index (κ1) is 12.2. The minimum Gasteiger partial charge on any atom is -0.355 e. The Morgan fingerprint density at radius 3 is 2.62 bits per heavy atom. The lowest BCUT2D eigenvalue weighted by Gasteiger charge is -2.15. The average Bonchev–Trinajstić information content (AvgIpc) is 2.30. The molecular weight excluding hydrogens is 204 g/mol. The first-order valence-corrected chi connectivity index (χ1v) is 5.29. The third-order valence-corrected chi connectivity index (χ3v) is 2.22. The van der Waals surface area contributed by atoms with Crippen LogP contribution in [0.15, 0.2) is 30.3 Å². The van der Waals surface area contributed by atoms with Gasteiger partial charge in [-0.15, -0.1) is 0 Å². The topological polar surface area (TPSA) is 58.2 Å². The summed E-state index contributed by atoms with van der Waals surface area (Å²) in [5, 5.41) is 5.21. The zero-order valence-corrected chi connectivity index (χ0v) is 9.27. The van der Waals surface area contributed by atoms with Gasteiger partial charge < -0.3 is 10.6 Å². The molecule has 1 atom stereocenters. The van der Waals surface area contributed by atoms with Crippen LogP contribution in [0.1, 0.15) is 12.5 Å². The second kappa shape index (κ2) is 6.61. The molecule has 0 saturated heterocycles. The predicted molar refractivity (Wildman–Crippen MR) is 61.8 cm³/mol. The largest absolute Gasteiger partial charge is 0.355 e. The minimum absolute atomic E-state index is 0.154. The molecule has 0 aliphatic rings. The van der Waals surface area contributed by atoms with E-state index in [0.717, 1.165) is 5.56 Å². The van der Waals surface area contributed by atoms with Crippen molar-refractivity contribution in [3.8, 4) is 0 Å².